The van der Waals surface area contributed by atoms with Crippen LogP contribution in [0.1, 0.15) is 6.42 Å². The Hall–Kier alpha value is -0.570. The van der Waals surface area contributed by atoms with Crippen molar-refractivity contribution in [1.82, 2.24) is 0 Å². The summed E-state index contributed by atoms with van der Waals surface area (Å²) in [7, 11) is 0. The van der Waals surface area contributed by atoms with Crippen molar-refractivity contribution in [2.45, 2.75) is 6.42 Å². The minimum Gasteiger partial charge on any atom is -0.396 e. The van der Waals surface area contributed by atoms with Crippen LogP contribution in [-0.4, -0.2) is 17.5 Å². The molecule has 0 aromatic rings. The monoisotopic (exact) mass is 88.1 g/mol. The van der Waals surface area contributed by atoms with Crippen molar-refractivity contribution >= 4 is 5.84 Å². The number of aliphatic hydroxyl groups is 1. The van der Waals surface area contributed by atoms with E-state index in [1.165, 1.54) is 0 Å². The van der Waals surface area contributed by atoms with Crippen molar-refractivity contribution in [3.63, 3.8) is 0 Å². The maximum absolute atomic E-state index is 8.02. The number of nitrogens with one attached hydrogen (secondary N) is 1. The lowest BCUT2D eigenvalue weighted by molar-refractivity contribution is 0.306. The van der Waals surface area contributed by atoms with Crippen molar-refractivity contribution in [1.29, 1.82) is 5.41 Å². The Morgan fingerprint density at radius 2 is 2.33 bits per heavy atom. The molecular formula is C3H8N2O. The van der Waals surface area contributed by atoms with Crippen LogP contribution in [0, 0.1) is 5.41 Å². The second-order valence-corrected chi connectivity index (χ2v) is 0.999. The van der Waals surface area contributed by atoms with Gasteiger partial charge in [0.15, 0.2) is 0 Å². The van der Waals surface area contributed by atoms with Gasteiger partial charge in [-0.2, -0.15) is 0 Å². The predicted octanol–water partition coefficient (Wildman–Crippen LogP) is -0.695. The molecule has 0 rings (SSSR count). The highest BCUT2D eigenvalue weighted by atomic mass is 16.3. The molecule has 4 N–H and O–H groups in total. The highest BCUT2D eigenvalue weighted by Crippen LogP contribution is 1.67. The van der Waals surface area contributed by atoms with Gasteiger partial charge in [0.25, 0.3) is 0 Å². The number of hydrogen-bond acceptors (Lipinski definition) is 2. The standard InChI is InChI=1S/C3H8N2O/c4-3(5)1-2-6/h6H,1-2H2,(H3,4,5). The van der Waals surface area contributed by atoms with Crippen molar-refractivity contribution in [3.05, 3.63) is 0 Å². The fourth-order valence-corrected chi connectivity index (χ4v) is 0.120. The van der Waals surface area contributed by atoms with Crippen LogP contribution in [0.3, 0.4) is 0 Å². The predicted molar refractivity (Wildman–Crippen MR) is 23.6 cm³/mol. The summed E-state index contributed by atoms with van der Waals surface area (Å²) in [5.41, 5.74) is 4.83. The van der Waals surface area contributed by atoms with E-state index in [0.717, 1.165) is 0 Å². The molecule has 0 aliphatic rings. The van der Waals surface area contributed by atoms with Gasteiger partial charge in [-0.15, -0.1) is 0 Å². The third-order valence-electron chi connectivity index (χ3n) is 0.381. The van der Waals surface area contributed by atoms with E-state index in [9.17, 15) is 0 Å². The van der Waals surface area contributed by atoms with Crippen molar-refractivity contribution < 1.29 is 5.11 Å². The lowest BCUT2D eigenvalue weighted by Gasteiger charge is -1.85. The van der Waals surface area contributed by atoms with E-state index >= 15 is 0 Å². The van der Waals surface area contributed by atoms with Crippen molar-refractivity contribution in [2.75, 3.05) is 6.61 Å². The highest BCUT2D eigenvalue weighted by Gasteiger charge is 1.80. The zero-order valence-corrected chi connectivity index (χ0v) is 3.44. The van der Waals surface area contributed by atoms with Crippen LogP contribution >= 0.6 is 0 Å². The van der Waals surface area contributed by atoms with E-state index in [2.05, 4.69) is 0 Å². The molecule has 0 amide bonds. The smallest absolute Gasteiger partial charge is 0.0928 e. The molecule has 3 heteroatoms. The summed E-state index contributed by atoms with van der Waals surface area (Å²) < 4.78 is 0. The first-order valence-electron chi connectivity index (χ1n) is 1.71. The maximum atomic E-state index is 8.02. The van der Waals surface area contributed by atoms with Crippen LogP contribution in [0.2, 0.25) is 0 Å². The number of rotatable bonds is 2. The number of nitrogens with two attached hydrogens (primary N) is 1. The van der Waals surface area contributed by atoms with Crippen LogP contribution in [-0.2, 0) is 0 Å². The molecule has 0 unspecified atom stereocenters. The molecule has 0 bridgehead atoms. The molecule has 6 heavy (non-hydrogen) atoms. The first kappa shape index (κ1) is 5.43. The van der Waals surface area contributed by atoms with Crippen molar-refractivity contribution in [2.24, 2.45) is 5.73 Å². The Morgan fingerprint density at radius 1 is 1.83 bits per heavy atom. The first-order chi connectivity index (χ1) is 2.77. The molecule has 0 aromatic heterocycles. The van der Waals surface area contributed by atoms with Crippen LogP contribution < -0.4 is 5.73 Å². The third kappa shape index (κ3) is 3.43. The molecule has 0 radical (unpaired) electrons. The van der Waals surface area contributed by atoms with E-state index in [-0.39, 0.29) is 12.4 Å². The van der Waals surface area contributed by atoms with Gasteiger partial charge in [0, 0.05) is 6.42 Å². The van der Waals surface area contributed by atoms with Gasteiger partial charge in [-0.1, -0.05) is 0 Å². The van der Waals surface area contributed by atoms with E-state index in [1.807, 2.05) is 0 Å². The summed E-state index contributed by atoms with van der Waals surface area (Å²) >= 11 is 0. The Labute approximate surface area is 36.3 Å². The zero-order valence-electron chi connectivity index (χ0n) is 3.44. The summed E-state index contributed by atoms with van der Waals surface area (Å²) in [6.45, 7) is -0.0185. The van der Waals surface area contributed by atoms with Gasteiger partial charge < -0.3 is 10.8 Å². The van der Waals surface area contributed by atoms with E-state index in [0.29, 0.717) is 6.42 Å². The molecule has 0 saturated carbocycles. The highest BCUT2D eigenvalue weighted by molar-refractivity contribution is 5.76. The summed E-state index contributed by atoms with van der Waals surface area (Å²) in [6, 6.07) is 0. The summed E-state index contributed by atoms with van der Waals surface area (Å²) in [4.78, 5) is 0. The number of aliphatic hydroxyl groups excluding tert-OH is 1. The van der Waals surface area contributed by atoms with Gasteiger partial charge in [0.05, 0.1) is 12.4 Å². The molecule has 0 heterocycles. The quantitative estimate of drug-likeness (QED) is 0.308. The molecule has 3 nitrogen and oxygen atoms in total. The Bertz CT molecular complexity index is 52.8. The van der Waals surface area contributed by atoms with E-state index in [4.69, 9.17) is 16.2 Å². The average molecular weight is 88.1 g/mol. The van der Waals surface area contributed by atoms with Gasteiger partial charge in [-0.25, -0.2) is 0 Å². The topological polar surface area (TPSA) is 70.1 Å². The Kier molecular flexibility index (Phi) is 2.40. The van der Waals surface area contributed by atoms with Crippen LogP contribution in [0.5, 0.6) is 0 Å². The summed E-state index contributed by atoms with van der Waals surface area (Å²) in [5, 5.41) is 14.5. The van der Waals surface area contributed by atoms with E-state index in [1.54, 1.807) is 0 Å². The average Bonchev–Trinajstić information content (AvgIpc) is 1.35. The summed E-state index contributed by atoms with van der Waals surface area (Å²) in [5.74, 6) is 0.0394. The SMILES string of the molecule is N=C(N)CCO. The zero-order chi connectivity index (χ0) is 4.99. The van der Waals surface area contributed by atoms with Crippen molar-refractivity contribution in [3.8, 4) is 0 Å². The van der Waals surface area contributed by atoms with Crippen LogP contribution in [0.4, 0.5) is 0 Å². The Balaban J connectivity index is 2.83. The molecular weight excluding hydrogens is 80.0 g/mol. The molecule has 0 aliphatic heterocycles. The van der Waals surface area contributed by atoms with Gasteiger partial charge in [0.2, 0.25) is 0 Å². The minimum atomic E-state index is -0.0185. The lowest BCUT2D eigenvalue weighted by Crippen LogP contribution is -2.10. The second kappa shape index (κ2) is 2.66. The molecule has 0 spiro atoms. The lowest BCUT2D eigenvalue weighted by atomic mass is 10.4. The van der Waals surface area contributed by atoms with Gasteiger partial charge in [0.1, 0.15) is 0 Å². The molecule has 0 aliphatic carbocycles. The van der Waals surface area contributed by atoms with Gasteiger partial charge in [-0.05, 0) is 0 Å². The van der Waals surface area contributed by atoms with Gasteiger partial charge >= 0.3 is 0 Å². The minimum absolute atomic E-state index is 0.0185. The molecule has 36 valence electrons. The third-order valence-corrected chi connectivity index (χ3v) is 0.381. The molecule has 0 atom stereocenters. The molecule has 0 aromatic carbocycles. The first-order valence-corrected chi connectivity index (χ1v) is 1.71. The van der Waals surface area contributed by atoms with E-state index < -0.39 is 0 Å². The van der Waals surface area contributed by atoms with Crippen LogP contribution in [0.15, 0.2) is 0 Å². The number of hydrogen-bond donors (Lipinski definition) is 3. The largest absolute Gasteiger partial charge is 0.396 e. The summed E-state index contributed by atoms with van der Waals surface area (Å²) in [6.07, 6.45) is 0.292. The maximum Gasteiger partial charge on any atom is 0.0928 e. The second-order valence-electron chi connectivity index (χ2n) is 0.999. The van der Waals surface area contributed by atoms with Crippen LogP contribution in [0.25, 0.3) is 0 Å². The Morgan fingerprint density at radius 3 is 2.33 bits per heavy atom. The molecule has 0 fully saturated rings. The van der Waals surface area contributed by atoms with Gasteiger partial charge in [-0.3, -0.25) is 5.41 Å². The fourth-order valence-electron chi connectivity index (χ4n) is 0.120. The number of amidine groups is 1. The normalized spacial score (nSPS) is 8.17. The molecule has 0 saturated heterocycles. The fraction of sp³-hybridized carbons (Fsp3) is 0.667.